The Balaban J connectivity index is 1.74. The van der Waals surface area contributed by atoms with Crippen molar-refractivity contribution >= 4 is 11.9 Å². The minimum atomic E-state index is -0.212. The normalized spacial score (nSPS) is 12.7. The van der Waals surface area contributed by atoms with Gasteiger partial charge in [0.05, 0.1) is 6.04 Å². The van der Waals surface area contributed by atoms with Crippen LogP contribution in [-0.2, 0) is 5.41 Å². The highest BCUT2D eigenvalue weighted by molar-refractivity contribution is 5.80. The summed E-state index contributed by atoms with van der Waals surface area (Å²) in [4.78, 5) is 5.08. The molecule has 31 heavy (non-hydrogen) atoms. The van der Waals surface area contributed by atoms with E-state index in [1.807, 2.05) is 36.5 Å². The maximum absolute atomic E-state index is 5.84. The van der Waals surface area contributed by atoms with Crippen molar-refractivity contribution in [3.8, 4) is 11.1 Å². The zero-order valence-electron chi connectivity index (χ0n) is 18.1. The van der Waals surface area contributed by atoms with E-state index < -0.39 is 0 Å². The number of anilines is 1. The first-order valence-corrected chi connectivity index (χ1v) is 10.6. The van der Waals surface area contributed by atoms with Crippen LogP contribution in [0.2, 0.25) is 0 Å². The minimum absolute atomic E-state index is 0.0303. The highest BCUT2D eigenvalue weighted by Crippen LogP contribution is 2.40. The van der Waals surface area contributed by atoms with Gasteiger partial charge in [-0.15, -0.1) is 0 Å². The van der Waals surface area contributed by atoms with Crippen LogP contribution >= 0.6 is 0 Å². The van der Waals surface area contributed by atoms with Crippen LogP contribution < -0.4 is 5.73 Å². The summed E-state index contributed by atoms with van der Waals surface area (Å²) in [6, 6.07) is 37.7. The molecule has 0 amide bonds. The van der Waals surface area contributed by atoms with E-state index in [1.165, 1.54) is 22.3 Å². The molecule has 0 radical (unpaired) electrons. The minimum Gasteiger partial charge on any atom is -0.399 e. The van der Waals surface area contributed by atoms with Crippen molar-refractivity contribution < 1.29 is 0 Å². The first-order valence-electron chi connectivity index (χ1n) is 10.6. The summed E-state index contributed by atoms with van der Waals surface area (Å²) in [5.74, 6) is 0. The molecule has 0 heterocycles. The number of nitrogen functional groups attached to an aromatic ring is 1. The molecule has 0 saturated carbocycles. The van der Waals surface area contributed by atoms with E-state index >= 15 is 0 Å². The van der Waals surface area contributed by atoms with Gasteiger partial charge in [0.15, 0.2) is 0 Å². The Kier molecular flexibility index (Phi) is 5.99. The van der Waals surface area contributed by atoms with E-state index in [4.69, 9.17) is 10.7 Å². The molecule has 0 fully saturated rings. The molecule has 0 aliphatic heterocycles. The Morgan fingerprint density at radius 3 is 2.00 bits per heavy atom. The van der Waals surface area contributed by atoms with Crippen LogP contribution in [0.1, 0.15) is 36.6 Å². The Bertz CT molecular complexity index is 1140. The molecule has 0 spiro atoms. The fourth-order valence-electron chi connectivity index (χ4n) is 3.96. The van der Waals surface area contributed by atoms with Crippen LogP contribution in [0.4, 0.5) is 5.69 Å². The fourth-order valence-corrected chi connectivity index (χ4v) is 3.96. The topological polar surface area (TPSA) is 38.4 Å². The van der Waals surface area contributed by atoms with Gasteiger partial charge in [0.25, 0.3) is 0 Å². The van der Waals surface area contributed by atoms with Gasteiger partial charge in [-0.2, -0.15) is 0 Å². The SMILES string of the molecule is CC(C)(c1cccc(-c2ccccc2)c1)[C@H](N=Cc1ccc(N)cc1)c1ccccc1. The smallest absolute Gasteiger partial charge is 0.0840 e. The molecule has 2 N–H and O–H groups in total. The van der Waals surface area contributed by atoms with Crippen LogP contribution in [-0.4, -0.2) is 6.21 Å². The van der Waals surface area contributed by atoms with E-state index in [0.29, 0.717) is 0 Å². The molecule has 4 aromatic carbocycles. The average molecular weight is 405 g/mol. The molecule has 154 valence electrons. The first-order chi connectivity index (χ1) is 15.0. The summed E-state index contributed by atoms with van der Waals surface area (Å²) >= 11 is 0. The quantitative estimate of drug-likeness (QED) is 0.271. The molecule has 0 saturated heterocycles. The van der Waals surface area contributed by atoms with E-state index in [1.54, 1.807) is 0 Å². The summed E-state index contributed by atoms with van der Waals surface area (Å²) in [5.41, 5.74) is 12.3. The summed E-state index contributed by atoms with van der Waals surface area (Å²) in [5, 5.41) is 0. The highest BCUT2D eigenvalue weighted by Gasteiger charge is 2.32. The number of hydrogen-bond acceptors (Lipinski definition) is 2. The fraction of sp³-hybridized carbons (Fsp3) is 0.138. The van der Waals surface area contributed by atoms with Gasteiger partial charge >= 0.3 is 0 Å². The molecule has 0 unspecified atom stereocenters. The van der Waals surface area contributed by atoms with E-state index in [2.05, 4.69) is 92.7 Å². The number of nitrogens with two attached hydrogens (primary N) is 1. The molecule has 0 aliphatic carbocycles. The van der Waals surface area contributed by atoms with Crippen LogP contribution in [0.5, 0.6) is 0 Å². The molecule has 2 nitrogen and oxygen atoms in total. The molecule has 0 bridgehead atoms. The number of benzene rings is 4. The van der Waals surface area contributed by atoms with E-state index in [0.717, 1.165) is 11.3 Å². The third-order valence-corrected chi connectivity index (χ3v) is 5.82. The van der Waals surface area contributed by atoms with Crippen LogP contribution in [0.15, 0.2) is 114 Å². The summed E-state index contributed by atoms with van der Waals surface area (Å²) in [7, 11) is 0. The maximum atomic E-state index is 5.84. The van der Waals surface area contributed by atoms with Gasteiger partial charge in [0.1, 0.15) is 0 Å². The third-order valence-electron chi connectivity index (χ3n) is 5.82. The average Bonchev–Trinajstić information content (AvgIpc) is 2.82. The van der Waals surface area contributed by atoms with Crippen LogP contribution in [0.25, 0.3) is 11.1 Å². The van der Waals surface area contributed by atoms with Crippen molar-refractivity contribution in [2.24, 2.45) is 4.99 Å². The number of aliphatic imine (C=N–C) groups is 1. The summed E-state index contributed by atoms with van der Waals surface area (Å²) in [6.45, 7) is 4.55. The van der Waals surface area contributed by atoms with Gasteiger partial charge in [0, 0.05) is 17.3 Å². The lowest BCUT2D eigenvalue weighted by atomic mass is 9.74. The molecule has 0 aromatic heterocycles. The molecular weight excluding hydrogens is 376 g/mol. The predicted molar refractivity (Wildman–Crippen MR) is 133 cm³/mol. The standard InChI is InChI=1S/C29H28N2/c1-29(2,26-15-9-14-25(20-26)23-10-5-3-6-11-23)28(24-12-7-4-8-13-24)31-21-22-16-18-27(30)19-17-22/h3-21,28H,30H2,1-2H3/t28-/m1/s1. The molecule has 1 atom stereocenters. The van der Waals surface area contributed by atoms with Crippen LogP contribution in [0.3, 0.4) is 0 Å². The van der Waals surface area contributed by atoms with Crippen LogP contribution in [0, 0.1) is 0 Å². The molecule has 0 aliphatic rings. The van der Waals surface area contributed by atoms with Crippen molar-refractivity contribution in [3.63, 3.8) is 0 Å². The summed E-state index contributed by atoms with van der Waals surface area (Å²) < 4.78 is 0. The predicted octanol–water partition coefficient (Wildman–Crippen LogP) is 7.07. The largest absolute Gasteiger partial charge is 0.399 e. The van der Waals surface area contributed by atoms with Gasteiger partial charge < -0.3 is 5.73 Å². The van der Waals surface area contributed by atoms with Crippen molar-refractivity contribution in [2.45, 2.75) is 25.3 Å². The Labute approximate surface area is 185 Å². The molecule has 4 rings (SSSR count). The second-order valence-electron chi connectivity index (χ2n) is 8.43. The Hall–Kier alpha value is -3.65. The van der Waals surface area contributed by atoms with Crippen molar-refractivity contribution in [3.05, 3.63) is 126 Å². The van der Waals surface area contributed by atoms with E-state index in [9.17, 15) is 0 Å². The van der Waals surface area contributed by atoms with Crippen molar-refractivity contribution in [1.82, 2.24) is 0 Å². The first kappa shape index (κ1) is 20.6. The second-order valence-corrected chi connectivity index (χ2v) is 8.43. The monoisotopic (exact) mass is 404 g/mol. The summed E-state index contributed by atoms with van der Waals surface area (Å²) in [6.07, 6.45) is 1.96. The van der Waals surface area contributed by atoms with E-state index in [-0.39, 0.29) is 11.5 Å². The van der Waals surface area contributed by atoms with Gasteiger partial charge in [-0.05, 0) is 39.9 Å². The van der Waals surface area contributed by atoms with Crippen molar-refractivity contribution in [2.75, 3.05) is 5.73 Å². The maximum Gasteiger partial charge on any atom is 0.0840 e. The molecular formula is C29H28N2. The lowest BCUT2D eigenvalue weighted by Gasteiger charge is -2.33. The zero-order valence-corrected chi connectivity index (χ0v) is 18.1. The van der Waals surface area contributed by atoms with Gasteiger partial charge in [-0.25, -0.2) is 0 Å². The number of nitrogens with zero attached hydrogens (tertiary/aromatic N) is 1. The number of rotatable bonds is 6. The number of hydrogen-bond donors (Lipinski definition) is 1. The lowest BCUT2D eigenvalue weighted by molar-refractivity contribution is 0.424. The third kappa shape index (κ3) is 4.75. The Morgan fingerprint density at radius 1 is 0.710 bits per heavy atom. The van der Waals surface area contributed by atoms with Gasteiger partial charge in [-0.1, -0.05) is 111 Å². The molecule has 2 heteroatoms. The Morgan fingerprint density at radius 2 is 1.32 bits per heavy atom. The van der Waals surface area contributed by atoms with Gasteiger partial charge in [-0.3, -0.25) is 4.99 Å². The molecule has 4 aromatic rings. The zero-order chi connectivity index (χ0) is 21.7. The second kappa shape index (κ2) is 9.01. The van der Waals surface area contributed by atoms with Crippen molar-refractivity contribution in [1.29, 1.82) is 0 Å². The highest BCUT2D eigenvalue weighted by atomic mass is 14.8. The lowest BCUT2D eigenvalue weighted by Crippen LogP contribution is -2.26. The van der Waals surface area contributed by atoms with Gasteiger partial charge in [0.2, 0.25) is 0 Å².